The molecule has 5 N–H and O–H groups in total. The molecule has 2 aromatic carbocycles. The van der Waals surface area contributed by atoms with Gasteiger partial charge in [0.1, 0.15) is 0 Å². The van der Waals surface area contributed by atoms with Gasteiger partial charge in [0.2, 0.25) is 5.91 Å². The predicted octanol–water partition coefficient (Wildman–Crippen LogP) is 0.0117. The summed E-state index contributed by atoms with van der Waals surface area (Å²) in [7, 11) is -3.89. The van der Waals surface area contributed by atoms with Crippen molar-refractivity contribution in [1.29, 1.82) is 0 Å². The number of hydrogen-bond acceptors (Lipinski definition) is 5. The number of aromatic nitrogens is 2. The van der Waals surface area contributed by atoms with Crippen LogP contribution in [0.25, 0.3) is 10.8 Å². The zero-order valence-corrected chi connectivity index (χ0v) is 16.0. The summed E-state index contributed by atoms with van der Waals surface area (Å²) in [5.41, 5.74) is 0.150. The number of nitrogens with zero attached hydrogens (tertiary/aromatic N) is 1. The molecule has 152 valence electrons. The van der Waals surface area contributed by atoms with Gasteiger partial charge >= 0.3 is 0 Å². The first-order valence-corrected chi connectivity index (χ1v) is 10.2. The molecule has 0 spiro atoms. The molecule has 0 atom stereocenters. The van der Waals surface area contributed by atoms with Crippen LogP contribution in [0.2, 0.25) is 0 Å². The monoisotopic (exact) mass is 417 g/mol. The maximum atomic E-state index is 12.4. The van der Waals surface area contributed by atoms with Gasteiger partial charge in [-0.25, -0.2) is 9.82 Å². The van der Waals surface area contributed by atoms with Gasteiger partial charge in [-0.15, -0.1) is 0 Å². The zero-order valence-electron chi connectivity index (χ0n) is 15.2. The number of amides is 1. The summed E-state index contributed by atoms with van der Waals surface area (Å²) in [4.78, 5) is 36.6. The van der Waals surface area contributed by atoms with E-state index in [0.717, 1.165) is 4.68 Å². The number of fused-ring (bicyclic) bond motifs is 1. The van der Waals surface area contributed by atoms with Crippen LogP contribution in [0.5, 0.6) is 0 Å². The van der Waals surface area contributed by atoms with Gasteiger partial charge < -0.3 is 5.32 Å². The van der Waals surface area contributed by atoms with Gasteiger partial charge in [0.25, 0.3) is 21.3 Å². The first-order chi connectivity index (χ1) is 13.7. The molecule has 0 radical (unpaired) electrons. The van der Waals surface area contributed by atoms with Crippen molar-refractivity contribution in [1.82, 2.24) is 15.1 Å². The molecule has 10 nitrogen and oxygen atoms in total. The molecule has 0 aliphatic carbocycles. The molecular formula is C18H19N5O5S. The third kappa shape index (κ3) is 5.30. The molecule has 0 fully saturated rings. The van der Waals surface area contributed by atoms with E-state index in [1.54, 1.807) is 36.4 Å². The number of rotatable bonds is 7. The van der Waals surface area contributed by atoms with Crippen molar-refractivity contribution in [3.05, 3.63) is 74.8 Å². The summed E-state index contributed by atoms with van der Waals surface area (Å²) in [6.07, 6.45) is -0.0245. The number of nitrogens with one attached hydrogen (secondary N) is 3. The number of carbonyl (C=O) groups is 1. The molecule has 1 amide bonds. The number of carbonyl (C=O) groups excluding carboxylic acids is 1. The number of hydrogen-bond donors (Lipinski definition) is 4. The van der Waals surface area contributed by atoms with Crippen molar-refractivity contribution < 1.29 is 13.2 Å². The fourth-order valence-corrected chi connectivity index (χ4v) is 3.27. The normalized spacial score (nSPS) is 11.3. The van der Waals surface area contributed by atoms with Crippen LogP contribution in [-0.2, 0) is 28.1 Å². The first-order valence-electron chi connectivity index (χ1n) is 8.61. The molecule has 0 saturated carbocycles. The highest BCUT2D eigenvalue weighted by Crippen LogP contribution is 2.11. The Bertz CT molecular complexity index is 1280. The number of aromatic amines is 1. The Hall–Kier alpha value is -3.44. The first kappa shape index (κ1) is 20.3. The Kier molecular flexibility index (Phi) is 5.80. The lowest BCUT2D eigenvalue weighted by Gasteiger charge is -2.09. The average Bonchev–Trinajstić information content (AvgIpc) is 2.67. The quantitative estimate of drug-likeness (QED) is 0.426. The summed E-state index contributed by atoms with van der Waals surface area (Å²) in [5, 5.41) is 10.7. The Labute approximate surface area is 165 Å². The average molecular weight is 417 g/mol. The fourth-order valence-electron chi connectivity index (χ4n) is 2.82. The van der Waals surface area contributed by atoms with Gasteiger partial charge in [-0.05, 0) is 29.8 Å². The van der Waals surface area contributed by atoms with E-state index in [1.807, 2.05) is 0 Å². The van der Waals surface area contributed by atoms with Crippen molar-refractivity contribution in [2.75, 3.05) is 4.72 Å². The predicted molar refractivity (Wildman–Crippen MR) is 108 cm³/mol. The molecule has 0 aliphatic heterocycles. The Morgan fingerprint density at radius 2 is 1.79 bits per heavy atom. The number of nitrogens with two attached hydrogens (primary N) is 1. The zero-order chi connectivity index (χ0) is 21.0. The molecule has 0 unspecified atom stereocenters. The second kappa shape index (κ2) is 8.29. The Balaban J connectivity index is 1.62. The van der Waals surface area contributed by atoms with E-state index >= 15 is 0 Å². The van der Waals surface area contributed by atoms with Crippen LogP contribution in [0.15, 0.2) is 58.1 Å². The number of anilines is 1. The minimum Gasteiger partial charge on any atom is -0.352 e. The summed E-state index contributed by atoms with van der Waals surface area (Å²) >= 11 is 0. The standard InChI is InChI=1S/C18H19N5O5S/c19-29(27,28)22-13-5-3-4-12(10-13)11-20-16(24)8-9-23-18(26)15-7-2-1-6-14(15)17(25)21-23/h1-7,10,22H,8-9,11H2,(H,20,24)(H,21,25)(H2,19,27,28). The van der Waals surface area contributed by atoms with Gasteiger partial charge in [-0.1, -0.05) is 24.3 Å². The molecule has 3 aromatic rings. The van der Waals surface area contributed by atoms with Gasteiger partial charge in [-0.2, -0.15) is 8.42 Å². The van der Waals surface area contributed by atoms with E-state index in [4.69, 9.17) is 5.14 Å². The van der Waals surface area contributed by atoms with Crippen LogP contribution in [0, 0.1) is 0 Å². The van der Waals surface area contributed by atoms with Crippen molar-refractivity contribution >= 4 is 32.6 Å². The van der Waals surface area contributed by atoms with E-state index in [9.17, 15) is 22.8 Å². The Morgan fingerprint density at radius 3 is 2.52 bits per heavy atom. The minimum atomic E-state index is -3.89. The summed E-state index contributed by atoms with van der Waals surface area (Å²) < 4.78 is 25.4. The van der Waals surface area contributed by atoms with Crippen LogP contribution in [-0.4, -0.2) is 24.1 Å². The largest absolute Gasteiger partial charge is 0.352 e. The van der Waals surface area contributed by atoms with Crippen molar-refractivity contribution in [2.45, 2.75) is 19.5 Å². The van der Waals surface area contributed by atoms with Gasteiger partial charge in [0.05, 0.1) is 23.0 Å². The molecule has 11 heteroatoms. The van der Waals surface area contributed by atoms with Gasteiger partial charge in [0, 0.05) is 13.0 Å². The lowest BCUT2D eigenvalue weighted by molar-refractivity contribution is -0.121. The number of aryl methyl sites for hydroxylation is 1. The summed E-state index contributed by atoms with van der Waals surface area (Å²) in [6.45, 7) is 0.167. The minimum absolute atomic E-state index is 0.0117. The smallest absolute Gasteiger partial charge is 0.296 e. The van der Waals surface area contributed by atoms with Gasteiger partial charge in [-0.3, -0.25) is 24.2 Å². The lowest BCUT2D eigenvalue weighted by Crippen LogP contribution is -2.32. The molecule has 0 bridgehead atoms. The highest BCUT2D eigenvalue weighted by atomic mass is 32.2. The fraction of sp³-hybridized carbons (Fsp3) is 0.167. The molecule has 29 heavy (non-hydrogen) atoms. The number of benzene rings is 2. The van der Waals surface area contributed by atoms with Crippen LogP contribution >= 0.6 is 0 Å². The molecule has 1 heterocycles. The lowest BCUT2D eigenvalue weighted by atomic mass is 10.2. The van der Waals surface area contributed by atoms with Crippen LogP contribution in [0.1, 0.15) is 12.0 Å². The second-order valence-corrected chi connectivity index (χ2v) is 7.61. The van der Waals surface area contributed by atoms with E-state index in [2.05, 4.69) is 15.1 Å². The van der Waals surface area contributed by atoms with E-state index in [0.29, 0.717) is 10.9 Å². The summed E-state index contributed by atoms with van der Waals surface area (Å²) in [6, 6.07) is 12.8. The Morgan fingerprint density at radius 1 is 1.07 bits per heavy atom. The highest BCUT2D eigenvalue weighted by Gasteiger charge is 2.09. The molecule has 0 aliphatic rings. The number of H-pyrrole nitrogens is 1. The molecular weight excluding hydrogens is 398 g/mol. The van der Waals surface area contributed by atoms with Crippen molar-refractivity contribution in [3.63, 3.8) is 0 Å². The van der Waals surface area contributed by atoms with E-state index in [1.165, 1.54) is 12.1 Å². The highest BCUT2D eigenvalue weighted by molar-refractivity contribution is 7.90. The molecule has 1 aromatic heterocycles. The van der Waals surface area contributed by atoms with E-state index < -0.39 is 15.8 Å². The topological polar surface area (TPSA) is 156 Å². The van der Waals surface area contributed by atoms with E-state index in [-0.39, 0.29) is 42.1 Å². The maximum Gasteiger partial charge on any atom is 0.296 e. The molecule has 3 rings (SSSR count). The van der Waals surface area contributed by atoms with Gasteiger partial charge in [0.15, 0.2) is 0 Å². The maximum absolute atomic E-state index is 12.4. The third-order valence-electron chi connectivity index (χ3n) is 4.12. The second-order valence-electron chi connectivity index (χ2n) is 6.32. The van der Waals surface area contributed by atoms with Crippen LogP contribution in [0.3, 0.4) is 0 Å². The van der Waals surface area contributed by atoms with Crippen molar-refractivity contribution in [3.8, 4) is 0 Å². The third-order valence-corrected chi connectivity index (χ3v) is 4.64. The van der Waals surface area contributed by atoms with Crippen molar-refractivity contribution in [2.24, 2.45) is 5.14 Å². The van der Waals surface area contributed by atoms with Crippen LogP contribution < -0.4 is 26.3 Å². The van der Waals surface area contributed by atoms with Crippen LogP contribution in [0.4, 0.5) is 5.69 Å². The SMILES string of the molecule is NS(=O)(=O)Nc1cccc(CNC(=O)CCn2[nH]c(=O)c3ccccc3c2=O)c1. The summed E-state index contributed by atoms with van der Waals surface area (Å²) in [5.74, 6) is -0.337. The molecule has 0 saturated heterocycles.